The van der Waals surface area contributed by atoms with Crippen LogP contribution in [0.15, 0.2) is 42.5 Å². The van der Waals surface area contributed by atoms with Crippen molar-refractivity contribution in [3.8, 4) is 0 Å². The number of nitrogens with one attached hydrogen (secondary N) is 1. The Labute approximate surface area is 86.6 Å². The van der Waals surface area contributed by atoms with Crippen molar-refractivity contribution < 1.29 is 4.11 Å². The average molecular weight is 184 g/mol. The number of fused-ring (bicyclic) bond motifs is 3. The van der Waals surface area contributed by atoms with Crippen molar-refractivity contribution in [3.63, 3.8) is 0 Å². The third-order valence-corrected chi connectivity index (χ3v) is 2.51. The van der Waals surface area contributed by atoms with E-state index < -0.39 is 6.85 Å². The number of aromatic nitrogens is 1. The van der Waals surface area contributed by atoms with E-state index in [4.69, 9.17) is 4.11 Å². The van der Waals surface area contributed by atoms with Gasteiger partial charge in [-0.25, -0.2) is 0 Å². The van der Waals surface area contributed by atoms with Crippen molar-refractivity contribution in [1.82, 2.24) is 4.98 Å². The van der Waals surface area contributed by atoms with E-state index in [0.29, 0.717) is 5.56 Å². The first-order valence-electron chi connectivity index (χ1n) is 6.07. The van der Waals surface area contributed by atoms with Crippen LogP contribution in [0.2, 0.25) is 0 Å². The average Bonchev–Trinajstić information content (AvgIpc) is 2.65. The normalized spacial score (nSPS) is 15.3. The molecule has 0 saturated carbocycles. The zero-order chi connectivity index (χ0) is 12.0. The molecule has 0 aliphatic carbocycles. The van der Waals surface area contributed by atoms with E-state index in [2.05, 4.69) is 4.98 Å². The smallest absolute Gasteiger partial charge is 0.0465 e. The van der Waals surface area contributed by atoms with E-state index in [9.17, 15) is 0 Å². The zero-order valence-corrected chi connectivity index (χ0v) is 7.54. The summed E-state index contributed by atoms with van der Waals surface area (Å²) in [6.07, 6.45) is 0. The number of H-pyrrole nitrogens is 1. The summed E-state index contributed by atoms with van der Waals surface area (Å²) in [5.41, 5.74) is 2.39. The predicted molar refractivity (Wildman–Crippen MR) is 60.5 cm³/mol. The Balaban J connectivity index is 2.38. The van der Waals surface area contributed by atoms with E-state index in [1.807, 2.05) is 30.3 Å². The Kier molecular flexibility index (Phi) is 0.971. The first-order valence-corrected chi connectivity index (χ1v) is 4.57. The molecule has 1 aromatic heterocycles. The van der Waals surface area contributed by atoms with Crippen LogP contribution >= 0.6 is 0 Å². The summed E-state index contributed by atoms with van der Waals surface area (Å²) in [5.74, 6) is 0. The van der Waals surface area contributed by atoms with Gasteiger partial charge in [-0.3, -0.25) is 0 Å². The molecule has 0 aliphatic heterocycles. The number of aromatic amines is 1. The van der Waals surface area contributed by atoms with Crippen molar-refractivity contribution in [2.24, 2.45) is 0 Å². The highest BCUT2D eigenvalue weighted by molar-refractivity contribution is 6.07. The molecule has 0 unspecified atom stereocenters. The fraction of sp³-hybridized carbons (Fsp3) is 0.0769. The number of para-hydroxylation sites is 1. The molecule has 3 aromatic rings. The Morgan fingerprint density at radius 3 is 2.79 bits per heavy atom. The van der Waals surface area contributed by atoms with Gasteiger partial charge >= 0.3 is 0 Å². The minimum absolute atomic E-state index is 0.384. The molecule has 1 heteroatoms. The van der Waals surface area contributed by atoms with Crippen LogP contribution in [0.3, 0.4) is 0 Å². The van der Waals surface area contributed by atoms with Crippen molar-refractivity contribution in [1.29, 1.82) is 0 Å². The molecule has 0 spiro atoms. The number of aryl methyl sites for hydroxylation is 1. The highest BCUT2D eigenvalue weighted by Crippen LogP contribution is 2.25. The molecule has 1 nitrogen and oxygen atoms in total. The molecule has 0 atom stereocenters. The van der Waals surface area contributed by atoms with Crippen molar-refractivity contribution >= 4 is 21.8 Å². The third-order valence-electron chi connectivity index (χ3n) is 2.51. The summed E-state index contributed by atoms with van der Waals surface area (Å²) in [5, 5.41) is 2.03. The monoisotopic (exact) mass is 184 g/mol. The third kappa shape index (κ3) is 0.956. The molecule has 3 rings (SSSR count). The summed E-state index contributed by atoms with van der Waals surface area (Å²) < 4.78 is 22.3. The lowest BCUT2D eigenvalue weighted by molar-refractivity contribution is 1.49. The van der Waals surface area contributed by atoms with Crippen LogP contribution in [0.25, 0.3) is 21.8 Å². The lowest BCUT2D eigenvalue weighted by Crippen LogP contribution is -1.70. The SMILES string of the molecule is [2H]C([2H])([2H])c1ccc2[nH]c3ccccc3c2c1. The lowest BCUT2D eigenvalue weighted by Gasteiger charge is -1.92. The molecule has 2 aromatic carbocycles. The fourth-order valence-corrected chi connectivity index (χ4v) is 1.85. The molecule has 0 fully saturated rings. The number of benzene rings is 2. The van der Waals surface area contributed by atoms with Crippen LogP contribution in [0.4, 0.5) is 0 Å². The topological polar surface area (TPSA) is 15.8 Å². The van der Waals surface area contributed by atoms with Gasteiger partial charge in [-0.2, -0.15) is 0 Å². The first-order chi connectivity index (χ1) is 8.05. The van der Waals surface area contributed by atoms with E-state index in [1.54, 1.807) is 12.1 Å². The Hall–Kier alpha value is -1.76. The minimum Gasteiger partial charge on any atom is -0.355 e. The number of rotatable bonds is 0. The molecular formula is C13H11N. The largest absolute Gasteiger partial charge is 0.355 e. The standard InChI is InChI=1S/C13H11N/c1-9-6-7-13-11(8-9)10-4-2-3-5-12(10)14-13/h2-8,14H,1H3/i1D3. The molecule has 1 heterocycles. The van der Waals surface area contributed by atoms with Crippen molar-refractivity contribution in [2.45, 2.75) is 6.85 Å². The number of hydrogen-bond donors (Lipinski definition) is 1. The van der Waals surface area contributed by atoms with E-state index in [1.165, 1.54) is 0 Å². The molecule has 14 heavy (non-hydrogen) atoms. The maximum atomic E-state index is 7.43. The molecule has 0 radical (unpaired) electrons. The van der Waals surface area contributed by atoms with Gasteiger partial charge < -0.3 is 4.98 Å². The van der Waals surface area contributed by atoms with Gasteiger partial charge in [0.05, 0.1) is 0 Å². The first kappa shape index (κ1) is 5.20. The Morgan fingerprint density at radius 1 is 1.00 bits per heavy atom. The minimum atomic E-state index is -2.05. The summed E-state index contributed by atoms with van der Waals surface area (Å²) in [6, 6.07) is 13.1. The maximum Gasteiger partial charge on any atom is 0.0465 e. The maximum absolute atomic E-state index is 7.43. The van der Waals surface area contributed by atoms with Crippen LogP contribution in [-0.4, -0.2) is 4.98 Å². The molecule has 0 saturated heterocycles. The van der Waals surface area contributed by atoms with E-state index in [-0.39, 0.29) is 0 Å². The van der Waals surface area contributed by atoms with Gasteiger partial charge in [0.25, 0.3) is 0 Å². The van der Waals surface area contributed by atoms with E-state index >= 15 is 0 Å². The summed E-state index contributed by atoms with van der Waals surface area (Å²) >= 11 is 0. The highest BCUT2D eigenvalue weighted by atomic mass is 14.7. The molecule has 68 valence electrons. The molecule has 1 N–H and O–H groups in total. The van der Waals surface area contributed by atoms with Gasteiger partial charge in [-0.15, -0.1) is 0 Å². The predicted octanol–water partition coefficient (Wildman–Crippen LogP) is 3.63. The van der Waals surface area contributed by atoms with Crippen LogP contribution in [-0.2, 0) is 0 Å². The quantitative estimate of drug-likeness (QED) is 0.549. The van der Waals surface area contributed by atoms with Gasteiger partial charge in [0.15, 0.2) is 0 Å². The molecule has 0 bridgehead atoms. The second-order valence-corrected chi connectivity index (χ2v) is 3.43. The summed E-state index contributed by atoms with van der Waals surface area (Å²) in [4.78, 5) is 3.27. The second kappa shape index (κ2) is 2.61. The van der Waals surface area contributed by atoms with Crippen LogP contribution in [0, 0.1) is 6.85 Å². The van der Waals surface area contributed by atoms with Gasteiger partial charge in [0, 0.05) is 25.9 Å². The fourth-order valence-electron chi connectivity index (χ4n) is 1.85. The second-order valence-electron chi connectivity index (χ2n) is 3.43. The number of hydrogen-bond acceptors (Lipinski definition) is 0. The summed E-state index contributed by atoms with van der Waals surface area (Å²) in [7, 11) is 0. The molecule has 0 amide bonds. The van der Waals surface area contributed by atoms with Gasteiger partial charge in [0.2, 0.25) is 0 Å². The molecule has 0 aliphatic rings. The van der Waals surface area contributed by atoms with Crippen molar-refractivity contribution in [2.75, 3.05) is 0 Å². The zero-order valence-electron chi connectivity index (χ0n) is 10.5. The van der Waals surface area contributed by atoms with Gasteiger partial charge in [-0.05, 0) is 25.1 Å². The van der Waals surface area contributed by atoms with E-state index in [0.717, 1.165) is 21.8 Å². The Bertz CT molecular complexity index is 695. The van der Waals surface area contributed by atoms with Gasteiger partial charge in [-0.1, -0.05) is 29.8 Å². The Morgan fingerprint density at radius 2 is 1.86 bits per heavy atom. The molecular weight excluding hydrogens is 170 g/mol. The van der Waals surface area contributed by atoms with Gasteiger partial charge in [0.1, 0.15) is 0 Å². The highest BCUT2D eigenvalue weighted by Gasteiger charge is 2.01. The lowest BCUT2D eigenvalue weighted by atomic mass is 10.1. The van der Waals surface area contributed by atoms with Crippen molar-refractivity contribution in [3.05, 3.63) is 48.0 Å². The van der Waals surface area contributed by atoms with Crippen LogP contribution < -0.4 is 0 Å². The van der Waals surface area contributed by atoms with Crippen LogP contribution in [0.1, 0.15) is 9.68 Å². The summed E-state index contributed by atoms with van der Waals surface area (Å²) in [6.45, 7) is -2.05. The van der Waals surface area contributed by atoms with Crippen LogP contribution in [0.5, 0.6) is 0 Å².